The normalized spacial score (nSPS) is 11.7. The summed E-state index contributed by atoms with van der Waals surface area (Å²) in [5.74, 6) is 0.948. The molecule has 0 amide bonds. The van der Waals surface area contributed by atoms with Crippen molar-refractivity contribution in [2.24, 2.45) is 0 Å². The summed E-state index contributed by atoms with van der Waals surface area (Å²) >= 11 is 0. The van der Waals surface area contributed by atoms with E-state index in [4.69, 9.17) is 14.7 Å². The van der Waals surface area contributed by atoms with Crippen molar-refractivity contribution >= 4 is 11.2 Å². The molecule has 0 saturated heterocycles. The average Bonchev–Trinajstić information content (AvgIpc) is 2.89. The molecule has 0 aliphatic carbocycles. The molecular weight excluding hydrogens is 312 g/mol. The number of pyridine rings is 1. The van der Waals surface area contributed by atoms with Gasteiger partial charge in [-0.1, -0.05) is 13.8 Å². The first kappa shape index (κ1) is 17.4. The smallest absolute Gasteiger partial charge is 0.222 e. The van der Waals surface area contributed by atoms with Crippen molar-refractivity contribution in [2.45, 2.75) is 53.5 Å². The minimum absolute atomic E-state index is 0.345. The summed E-state index contributed by atoms with van der Waals surface area (Å²) in [5.41, 5.74) is 6.60. The quantitative estimate of drug-likeness (QED) is 0.684. The molecule has 0 atom stereocenters. The molecule has 132 valence electrons. The Labute approximate surface area is 149 Å². The van der Waals surface area contributed by atoms with E-state index in [9.17, 15) is 0 Å². The Kier molecular flexibility index (Phi) is 4.50. The van der Waals surface area contributed by atoms with E-state index in [-0.39, 0.29) is 0 Å². The zero-order valence-corrected chi connectivity index (χ0v) is 16.1. The number of aryl methyl sites for hydroxylation is 2. The Morgan fingerprint density at radius 2 is 1.72 bits per heavy atom. The molecule has 0 N–H and O–H groups in total. The molecule has 0 aromatic carbocycles. The summed E-state index contributed by atoms with van der Waals surface area (Å²) in [6.07, 6.45) is 2.12. The molecule has 5 heteroatoms. The largest absolute Gasteiger partial charge is 0.480 e. The van der Waals surface area contributed by atoms with E-state index in [1.54, 1.807) is 7.11 Å². The van der Waals surface area contributed by atoms with Crippen molar-refractivity contribution in [3.8, 4) is 17.1 Å². The predicted octanol–water partition coefficient (Wildman–Crippen LogP) is 4.82. The summed E-state index contributed by atoms with van der Waals surface area (Å²) in [6, 6.07) is 4.43. The SMILES string of the molecule is COc1nc(C(C)C)ccc1-c1nc2c(C)cn(C(C)C)c2nc1C. The van der Waals surface area contributed by atoms with E-state index in [0.29, 0.717) is 17.8 Å². The van der Waals surface area contributed by atoms with E-state index >= 15 is 0 Å². The lowest BCUT2D eigenvalue weighted by Crippen LogP contribution is -2.04. The number of hydrogen-bond donors (Lipinski definition) is 0. The van der Waals surface area contributed by atoms with Crippen LogP contribution in [0.4, 0.5) is 0 Å². The first-order valence-corrected chi connectivity index (χ1v) is 8.74. The van der Waals surface area contributed by atoms with E-state index in [1.165, 1.54) is 0 Å². The van der Waals surface area contributed by atoms with E-state index < -0.39 is 0 Å². The van der Waals surface area contributed by atoms with Gasteiger partial charge in [0.15, 0.2) is 5.65 Å². The second-order valence-corrected chi connectivity index (χ2v) is 7.09. The molecule has 3 heterocycles. The highest BCUT2D eigenvalue weighted by Crippen LogP contribution is 2.32. The molecule has 0 radical (unpaired) electrons. The van der Waals surface area contributed by atoms with Gasteiger partial charge in [0.2, 0.25) is 5.88 Å². The van der Waals surface area contributed by atoms with Crippen molar-refractivity contribution in [1.29, 1.82) is 0 Å². The standard InChI is InChI=1S/C20H26N4O/c1-11(2)16-9-8-15(20(22-16)25-7)18-14(6)21-19-17(23-18)13(5)10-24(19)12(3)4/h8-12H,1-7H3. The van der Waals surface area contributed by atoms with E-state index in [1.807, 2.05) is 19.1 Å². The number of ether oxygens (including phenoxy) is 1. The van der Waals surface area contributed by atoms with Crippen molar-refractivity contribution < 1.29 is 4.74 Å². The van der Waals surface area contributed by atoms with Crippen LogP contribution in [0.5, 0.6) is 5.88 Å². The summed E-state index contributed by atoms with van der Waals surface area (Å²) in [7, 11) is 1.65. The van der Waals surface area contributed by atoms with Crippen molar-refractivity contribution in [3.63, 3.8) is 0 Å². The fraction of sp³-hybridized carbons (Fsp3) is 0.450. The molecule has 3 rings (SSSR count). The van der Waals surface area contributed by atoms with Gasteiger partial charge in [-0.15, -0.1) is 0 Å². The van der Waals surface area contributed by atoms with E-state index in [0.717, 1.165) is 39.4 Å². The van der Waals surface area contributed by atoms with Crippen LogP contribution in [0.25, 0.3) is 22.4 Å². The zero-order valence-electron chi connectivity index (χ0n) is 16.1. The van der Waals surface area contributed by atoms with Crippen LogP contribution in [0, 0.1) is 13.8 Å². The van der Waals surface area contributed by atoms with Gasteiger partial charge >= 0.3 is 0 Å². The number of aromatic nitrogens is 4. The van der Waals surface area contributed by atoms with Gasteiger partial charge in [-0.2, -0.15) is 0 Å². The first-order chi connectivity index (χ1) is 11.8. The number of rotatable bonds is 4. The Morgan fingerprint density at radius 3 is 2.32 bits per heavy atom. The highest BCUT2D eigenvalue weighted by Gasteiger charge is 2.18. The van der Waals surface area contributed by atoms with Gasteiger partial charge in [-0.05, 0) is 51.3 Å². The van der Waals surface area contributed by atoms with Gasteiger partial charge < -0.3 is 9.30 Å². The molecule has 0 aliphatic rings. The third-order valence-electron chi connectivity index (χ3n) is 4.48. The van der Waals surface area contributed by atoms with Crippen LogP contribution < -0.4 is 4.74 Å². The number of hydrogen-bond acceptors (Lipinski definition) is 4. The molecule has 0 spiro atoms. The van der Waals surface area contributed by atoms with Crippen LogP contribution in [0.1, 0.15) is 56.6 Å². The maximum Gasteiger partial charge on any atom is 0.222 e. The lowest BCUT2D eigenvalue weighted by Gasteiger charge is -2.13. The minimum atomic E-state index is 0.345. The molecule has 0 aliphatic heterocycles. The number of methoxy groups -OCH3 is 1. The molecule has 0 bridgehead atoms. The van der Waals surface area contributed by atoms with Gasteiger partial charge in [0.1, 0.15) is 5.52 Å². The molecule has 0 saturated carbocycles. The molecule has 0 unspecified atom stereocenters. The van der Waals surface area contributed by atoms with Crippen LogP contribution in [0.3, 0.4) is 0 Å². The van der Waals surface area contributed by atoms with Crippen molar-refractivity contribution in [3.05, 3.63) is 35.3 Å². The van der Waals surface area contributed by atoms with Gasteiger partial charge in [0.05, 0.1) is 24.1 Å². The average molecular weight is 338 g/mol. The van der Waals surface area contributed by atoms with Crippen molar-refractivity contribution in [2.75, 3.05) is 7.11 Å². The predicted molar refractivity (Wildman–Crippen MR) is 101 cm³/mol. The fourth-order valence-electron chi connectivity index (χ4n) is 3.04. The molecular formula is C20H26N4O. The van der Waals surface area contributed by atoms with Gasteiger partial charge in [-0.3, -0.25) is 0 Å². The third kappa shape index (κ3) is 2.99. The number of fused-ring (bicyclic) bond motifs is 1. The van der Waals surface area contributed by atoms with Crippen LogP contribution >= 0.6 is 0 Å². The lowest BCUT2D eigenvalue weighted by atomic mass is 10.1. The summed E-state index contributed by atoms with van der Waals surface area (Å²) in [4.78, 5) is 14.4. The maximum absolute atomic E-state index is 5.55. The van der Waals surface area contributed by atoms with E-state index in [2.05, 4.69) is 50.4 Å². The van der Waals surface area contributed by atoms with Crippen LogP contribution in [-0.2, 0) is 0 Å². The monoisotopic (exact) mass is 338 g/mol. The first-order valence-electron chi connectivity index (χ1n) is 8.74. The van der Waals surface area contributed by atoms with Crippen LogP contribution in [0.15, 0.2) is 18.3 Å². The second-order valence-electron chi connectivity index (χ2n) is 7.09. The van der Waals surface area contributed by atoms with Gasteiger partial charge in [-0.25, -0.2) is 15.0 Å². The Hall–Kier alpha value is -2.43. The fourth-order valence-corrected chi connectivity index (χ4v) is 3.04. The lowest BCUT2D eigenvalue weighted by molar-refractivity contribution is 0.397. The third-order valence-corrected chi connectivity index (χ3v) is 4.48. The molecule has 5 nitrogen and oxygen atoms in total. The highest BCUT2D eigenvalue weighted by molar-refractivity contribution is 5.80. The number of nitrogens with zero attached hydrogens (tertiary/aromatic N) is 4. The Balaban J connectivity index is 2.23. The topological polar surface area (TPSA) is 52.8 Å². The minimum Gasteiger partial charge on any atom is -0.480 e. The summed E-state index contributed by atoms with van der Waals surface area (Å²) in [6.45, 7) is 12.6. The zero-order chi connectivity index (χ0) is 18.3. The summed E-state index contributed by atoms with van der Waals surface area (Å²) < 4.78 is 7.72. The van der Waals surface area contributed by atoms with Crippen LogP contribution in [0.2, 0.25) is 0 Å². The second kappa shape index (κ2) is 6.47. The van der Waals surface area contributed by atoms with Crippen LogP contribution in [-0.4, -0.2) is 26.6 Å². The molecule has 3 aromatic rings. The molecule has 0 fully saturated rings. The molecule has 25 heavy (non-hydrogen) atoms. The maximum atomic E-state index is 5.55. The Bertz CT molecular complexity index is 925. The Morgan fingerprint density at radius 1 is 1.00 bits per heavy atom. The highest BCUT2D eigenvalue weighted by atomic mass is 16.5. The van der Waals surface area contributed by atoms with Crippen molar-refractivity contribution in [1.82, 2.24) is 19.5 Å². The van der Waals surface area contributed by atoms with Gasteiger partial charge in [0.25, 0.3) is 0 Å². The molecule has 3 aromatic heterocycles. The summed E-state index contributed by atoms with van der Waals surface area (Å²) in [5, 5.41) is 0. The van der Waals surface area contributed by atoms with Gasteiger partial charge in [0, 0.05) is 17.9 Å².